The maximum Gasteiger partial charge on any atom is 0.259 e. The van der Waals surface area contributed by atoms with Gasteiger partial charge in [-0.2, -0.15) is 0 Å². The van der Waals surface area contributed by atoms with Gasteiger partial charge in [0.1, 0.15) is 12.2 Å². The summed E-state index contributed by atoms with van der Waals surface area (Å²) < 4.78 is 5.50. The quantitative estimate of drug-likeness (QED) is 0.640. The Bertz CT molecular complexity index is 477. The molecule has 2 aliphatic heterocycles. The molecule has 6 nitrogen and oxygen atoms in total. The van der Waals surface area contributed by atoms with Crippen LogP contribution in [0.25, 0.3) is 0 Å². The predicted octanol–water partition coefficient (Wildman–Crippen LogP) is -0.368. The van der Waals surface area contributed by atoms with Gasteiger partial charge >= 0.3 is 0 Å². The lowest BCUT2D eigenvalue weighted by Crippen LogP contribution is -2.36. The van der Waals surface area contributed by atoms with Crippen LogP contribution in [0.2, 0.25) is 0 Å². The Labute approximate surface area is 98.0 Å². The number of nitrogens with zero attached hydrogens (tertiary/aromatic N) is 2. The van der Waals surface area contributed by atoms with Gasteiger partial charge in [-0.15, -0.1) is 0 Å². The fourth-order valence-electron chi connectivity index (χ4n) is 2.37. The van der Waals surface area contributed by atoms with E-state index >= 15 is 0 Å². The van der Waals surface area contributed by atoms with E-state index in [-0.39, 0.29) is 11.9 Å². The molecule has 0 unspecified atom stereocenters. The summed E-state index contributed by atoms with van der Waals surface area (Å²) in [6.07, 6.45) is 1.55. The largest absolute Gasteiger partial charge is 0.475 e. The molecule has 1 amide bonds. The van der Waals surface area contributed by atoms with Crippen molar-refractivity contribution >= 4 is 11.6 Å². The molecule has 1 aromatic heterocycles. The molecule has 2 aliphatic rings. The summed E-state index contributed by atoms with van der Waals surface area (Å²) >= 11 is 0. The minimum absolute atomic E-state index is 0.0760. The SMILES string of the molecule is Nc1cnc2c(c1)C(=O)N1C[C@H](O)C[C@@H]1CO2. The number of nitrogen functional groups attached to an aromatic ring is 1. The van der Waals surface area contributed by atoms with E-state index in [0.29, 0.717) is 36.7 Å². The topological polar surface area (TPSA) is 88.7 Å². The van der Waals surface area contributed by atoms with Crippen molar-refractivity contribution in [2.45, 2.75) is 18.6 Å². The Morgan fingerprint density at radius 1 is 1.59 bits per heavy atom. The standard InChI is InChI=1S/C11H13N3O3/c12-6-1-9-10(13-3-6)17-5-7-2-8(15)4-14(7)11(9)16/h1,3,7-8,15H,2,4-5,12H2/t7-,8-/m1/s1. The molecule has 0 radical (unpaired) electrons. The number of aromatic nitrogens is 1. The van der Waals surface area contributed by atoms with Crippen LogP contribution >= 0.6 is 0 Å². The third kappa shape index (κ3) is 1.61. The third-order valence-corrected chi connectivity index (χ3v) is 3.17. The number of anilines is 1. The number of rotatable bonds is 0. The second kappa shape index (κ2) is 3.59. The van der Waals surface area contributed by atoms with E-state index in [1.807, 2.05) is 0 Å². The van der Waals surface area contributed by atoms with Crippen LogP contribution in [0.5, 0.6) is 5.88 Å². The zero-order chi connectivity index (χ0) is 12.0. The number of carbonyl (C=O) groups is 1. The van der Waals surface area contributed by atoms with Crippen LogP contribution in [0.4, 0.5) is 5.69 Å². The lowest BCUT2D eigenvalue weighted by Gasteiger charge is -2.19. The van der Waals surface area contributed by atoms with Gasteiger partial charge in [-0.05, 0) is 12.5 Å². The summed E-state index contributed by atoms with van der Waals surface area (Å²) in [5, 5.41) is 9.58. The van der Waals surface area contributed by atoms with Crippen LogP contribution in [-0.2, 0) is 0 Å². The summed E-state index contributed by atoms with van der Waals surface area (Å²) in [4.78, 5) is 17.9. The zero-order valence-electron chi connectivity index (χ0n) is 9.17. The summed E-state index contributed by atoms with van der Waals surface area (Å²) in [7, 11) is 0. The minimum atomic E-state index is -0.469. The number of hydrogen-bond acceptors (Lipinski definition) is 5. The van der Waals surface area contributed by atoms with Gasteiger partial charge in [-0.3, -0.25) is 4.79 Å². The minimum Gasteiger partial charge on any atom is -0.475 e. The third-order valence-electron chi connectivity index (χ3n) is 3.17. The van der Waals surface area contributed by atoms with Gasteiger partial charge in [0.25, 0.3) is 5.91 Å². The number of aliphatic hydroxyl groups excluding tert-OH is 1. The molecule has 1 fully saturated rings. The number of amides is 1. The van der Waals surface area contributed by atoms with Crippen molar-refractivity contribution in [2.75, 3.05) is 18.9 Å². The fourth-order valence-corrected chi connectivity index (χ4v) is 2.37. The number of carbonyl (C=O) groups excluding carboxylic acids is 1. The van der Waals surface area contributed by atoms with Crippen molar-refractivity contribution in [3.8, 4) is 5.88 Å². The molecule has 3 N–H and O–H groups in total. The van der Waals surface area contributed by atoms with Gasteiger partial charge in [-0.25, -0.2) is 4.98 Å². The van der Waals surface area contributed by atoms with Crippen molar-refractivity contribution in [1.29, 1.82) is 0 Å². The monoisotopic (exact) mass is 235 g/mol. The van der Waals surface area contributed by atoms with Crippen molar-refractivity contribution in [2.24, 2.45) is 0 Å². The Balaban J connectivity index is 2.02. The Morgan fingerprint density at radius 2 is 2.41 bits per heavy atom. The number of fused-ring (bicyclic) bond motifs is 2. The van der Waals surface area contributed by atoms with Crippen LogP contribution in [-0.4, -0.2) is 46.2 Å². The number of nitrogens with two attached hydrogens (primary N) is 1. The number of aliphatic hydroxyl groups is 1. The average molecular weight is 235 g/mol. The zero-order valence-corrected chi connectivity index (χ0v) is 9.17. The highest BCUT2D eigenvalue weighted by atomic mass is 16.5. The summed E-state index contributed by atoms with van der Waals surface area (Å²) in [5.74, 6) is 0.159. The Morgan fingerprint density at radius 3 is 3.24 bits per heavy atom. The van der Waals surface area contributed by atoms with E-state index < -0.39 is 6.10 Å². The van der Waals surface area contributed by atoms with Crippen molar-refractivity contribution < 1.29 is 14.6 Å². The average Bonchev–Trinajstić information content (AvgIpc) is 2.62. The molecule has 0 aromatic carbocycles. The van der Waals surface area contributed by atoms with Crippen LogP contribution in [0.1, 0.15) is 16.8 Å². The highest BCUT2D eigenvalue weighted by molar-refractivity contribution is 5.97. The van der Waals surface area contributed by atoms with Crippen molar-refractivity contribution in [3.05, 3.63) is 17.8 Å². The Kier molecular flexibility index (Phi) is 2.19. The van der Waals surface area contributed by atoms with E-state index in [2.05, 4.69) is 4.98 Å². The predicted molar refractivity (Wildman–Crippen MR) is 59.6 cm³/mol. The number of hydrogen-bond donors (Lipinski definition) is 2. The molecule has 2 atom stereocenters. The Hall–Kier alpha value is -1.82. The van der Waals surface area contributed by atoms with Crippen LogP contribution in [0.15, 0.2) is 12.3 Å². The lowest BCUT2D eigenvalue weighted by molar-refractivity contribution is 0.0710. The van der Waals surface area contributed by atoms with E-state index in [0.717, 1.165) is 0 Å². The molecule has 1 aromatic rings. The molecule has 17 heavy (non-hydrogen) atoms. The van der Waals surface area contributed by atoms with E-state index in [1.54, 1.807) is 11.0 Å². The maximum absolute atomic E-state index is 12.3. The molecule has 0 saturated carbocycles. The molecule has 3 rings (SSSR count). The van der Waals surface area contributed by atoms with Gasteiger partial charge in [0.15, 0.2) is 0 Å². The molecular formula is C11H13N3O3. The van der Waals surface area contributed by atoms with Crippen LogP contribution in [0.3, 0.4) is 0 Å². The van der Waals surface area contributed by atoms with Gasteiger partial charge in [0, 0.05) is 6.54 Å². The van der Waals surface area contributed by atoms with Gasteiger partial charge < -0.3 is 20.5 Å². The summed E-state index contributed by atoms with van der Waals surface area (Å²) in [6.45, 7) is 0.716. The first kappa shape index (κ1) is 10.3. The van der Waals surface area contributed by atoms with Crippen LogP contribution < -0.4 is 10.5 Å². The fraction of sp³-hybridized carbons (Fsp3) is 0.455. The first-order valence-electron chi connectivity index (χ1n) is 5.52. The number of pyridine rings is 1. The molecule has 0 aliphatic carbocycles. The molecular weight excluding hydrogens is 222 g/mol. The first-order valence-corrected chi connectivity index (χ1v) is 5.52. The number of ether oxygens (including phenoxy) is 1. The van der Waals surface area contributed by atoms with Crippen LogP contribution in [0, 0.1) is 0 Å². The molecule has 0 spiro atoms. The highest BCUT2D eigenvalue weighted by Crippen LogP contribution is 2.29. The molecule has 1 saturated heterocycles. The first-order chi connectivity index (χ1) is 8.15. The summed E-state index contributed by atoms with van der Waals surface area (Å²) in [5.41, 5.74) is 6.43. The van der Waals surface area contributed by atoms with Gasteiger partial charge in [-0.1, -0.05) is 0 Å². The lowest BCUT2D eigenvalue weighted by atomic mass is 10.2. The van der Waals surface area contributed by atoms with Gasteiger partial charge in [0.2, 0.25) is 5.88 Å². The molecule has 6 heteroatoms. The second-order valence-electron chi connectivity index (χ2n) is 4.43. The van der Waals surface area contributed by atoms with E-state index in [9.17, 15) is 9.90 Å². The smallest absolute Gasteiger partial charge is 0.259 e. The maximum atomic E-state index is 12.3. The molecule has 0 bridgehead atoms. The van der Waals surface area contributed by atoms with Gasteiger partial charge in [0.05, 0.1) is 24.0 Å². The normalized spacial score (nSPS) is 27.1. The van der Waals surface area contributed by atoms with E-state index in [1.165, 1.54) is 6.20 Å². The van der Waals surface area contributed by atoms with Crippen molar-refractivity contribution in [3.63, 3.8) is 0 Å². The highest BCUT2D eigenvalue weighted by Gasteiger charge is 2.38. The summed E-state index contributed by atoms with van der Waals surface area (Å²) in [6, 6.07) is 1.49. The molecule has 3 heterocycles. The van der Waals surface area contributed by atoms with Crippen molar-refractivity contribution in [1.82, 2.24) is 9.88 Å². The van der Waals surface area contributed by atoms with E-state index in [4.69, 9.17) is 10.5 Å². The second-order valence-corrected chi connectivity index (χ2v) is 4.43. The molecule has 90 valence electrons.